The minimum Gasteiger partial charge on any atom is -0.394 e. The third-order valence-corrected chi connectivity index (χ3v) is 6.28. The van der Waals surface area contributed by atoms with E-state index >= 15 is 0 Å². The van der Waals surface area contributed by atoms with Crippen LogP contribution < -0.4 is 5.32 Å². The summed E-state index contributed by atoms with van der Waals surface area (Å²) in [5.74, 6) is 0.630. The second-order valence-electron chi connectivity index (χ2n) is 5.96. The van der Waals surface area contributed by atoms with Gasteiger partial charge in [0, 0.05) is 11.6 Å². The molecule has 1 aliphatic heterocycles. The molecule has 1 heterocycles. The maximum absolute atomic E-state index is 11.5. The highest BCUT2D eigenvalue weighted by molar-refractivity contribution is 7.91. The molecule has 5 nitrogen and oxygen atoms in total. The standard InChI is InChI=1S/C14H30N2O3S/c1-4-14(12-17,15-5-2)8-6-9-16(3)13-7-10-20(18,19)11-13/h13,15,17H,4-12H2,1-3H3. The van der Waals surface area contributed by atoms with E-state index in [2.05, 4.69) is 24.1 Å². The van der Waals surface area contributed by atoms with Crippen LogP contribution in [0.3, 0.4) is 0 Å². The number of likely N-dealkylation sites (N-methyl/N-ethyl adjacent to an activating group) is 1. The summed E-state index contributed by atoms with van der Waals surface area (Å²) in [4.78, 5) is 2.16. The van der Waals surface area contributed by atoms with Gasteiger partial charge in [0.2, 0.25) is 0 Å². The van der Waals surface area contributed by atoms with Crippen LogP contribution in [0.5, 0.6) is 0 Å². The Hall–Kier alpha value is -0.170. The van der Waals surface area contributed by atoms with Crippen molar-refractivity contribution in [3.05, 3.63) is 0 Å². The maximum Gasteiger partial charge on any atom is 0.151 e. The van der Waals surface area contributed by atoms with E-state index in [0.717, 1.165) is 38.8 Å². The fraction of sp³-hybridized carbons (Fsp3) is 1.00. The number of sulfone groups is 1. The van der Waals surface area contributed by atoms with Crippen molar-refractivity contribution in [2.45, 2.75) is 51.1 Å². The zero-order valence-corrected chi connectivity index (χ0v) is 13.9. The lowest BCUT2D eigenvalue weighted by Gasteiger charge is -2.33. The van der Waals surface area contributed by atoms with Crippen molar-refractivity contribution >= 4 is 9.84 Å². The molecule has 2 unspecified atom stereocenters. The number of rotatable bonds is 9. The molecule has 0 aliphatic carbocycles. The van der Waals surface area contributed by atoms with Crippen LogP contribution >= 0.6 is 0 Å². The van der Waals surface area contributed by atoms with Crippen molar-refractivity contribution < 1.29 is 13.5 Å². The summed E-state index contributed by atoms with van der Waals surface area (Å²) in [6.45, 7) is 6.03. The van der Waals surface area contributed by atoms with Gasteiger partial charge in [-0.25, -0.2) is 8.42 Å². The lowest BCUT2D eigenvalue weighted by molar-refractivity contribution is 0.139. The highest BCUT2D eigenvalue weighted by Crippen LogP contribution is 2.20. The molecule has 2 N–H and O–H groups in total. The van der Waals surface area contributed by atoms with Crippen LogP contribution in [0.4, 0.5) is 0 Å². The summed E-state index contributed by atoms with van der Waals surface area (Å²) in [5.41, 5.74) is -0.183. The highest BCUT2D eigenvalue weighted by atomic mass is 32.2. The van der Waals surface area contributed by atoms with Crippen molar-refractivity contribution in [2.24, 2.45) is 0 Å². The normalized spacial score (nSPS) is 24.9. The Kier molecular flexibility index (Phi) is 6.91. The topological polar surface area (TPSA) is 69.6 Å². The first-order valence-electron chi connectivity index (χ1n) is 7.64. The summed E-state index contributed by atoms with van der Waals surface area (Å²) in [6.07, 6.45) is 3.54. The molecule has 1 fully saturated rings. The third-order valence-electron chi connectivity index (χ3n) is 4.53. The molecule has 0 aromatic carbocycles. The van der Waals surface area contributed by atoms with Crippen LogP contribution in [-0.2, 0) is 9.84 Å². The summed E-state index contributed by atoms with van der Waals surface area (Å²) < 4.78 is 23.0. The number of hydrogen-bond acceptors (Lipinski definition) is 5. The van der Waals surface area contributed by atoms with Crippen LogP contribution in [-0.4, -0.2) is 68.3 Å². The van der Waals surface area contributed by atoms with E-state index in [4.69, 9.17) is 0 Å². The zero-order chi connectivity index (χ0) is 15.2. The van der Waals surface area contributed by atoms with E-state index in [1.807, 2.05) is 7.05 Å². The van der Waals surface area contributed by atoms with Crippen LogP contribution in [0.25, 0.3) is 0 Å². The smallest absolute Gasteiger partial charge is 0.151 e. The van der Waals surface area contributed by atoms with Crippen molar-refractivity contribution in [3.63, 3.8) is 0 Å². The molecule has 1 rings (SSSR count). The van der Waals surface area contributed by atoms with Crippen LogP contribution in [0.1, 0.15) is 39.5 Å². The molecule has 0 spiro atoms. The molecule has 6 heteroatoms. The van der Waals surface area contributed by atoms with Gasteiger partial charge in [0.25, 0.3) is 0 Å². The highest BCUT2D eigenvalue weighted by Gasteiger charge is 2.31. The minimum absolute atomic E-state index is 0.152. The number of nitrogens with one attached hydrogen (secondary N) is 1. The lowest BCUT2D eigenvalue weighted by atomic mass is 9.91. The van der Waals surface area contributed by atoms with E-state index in [0.29, 0.717) is 11.5 Å². The molecule has 0 aromatic heterocycles. The molecule has 0 amide bonds. The quantitative estimate of drug-likeness (QED) is 0.654. The van der Waals surface area contributed by atoms with E-state index in [-0.39, 0.29) is 18.2 Å². The van der Waals surface area contributed by atoms with Gasteiger partial charge < -0.3 is 15.3 Å². The fourth-order valence-corrected chi connectivity index (χ4v) is 4.79. The Morgan fingerprint density at radius 2 is 2.10 bits per heavy atom. The second-order valence-corrected chi connectivity index (χ2v) is 8.19. The molecular weight excluding hydrogens is 276 g/mol. The molecule has 1 aliphatic rings. The van der Waals surface area contributed by atoms with E-state index in [1.54, 1.807) is 0 Å². The molecular formula is C14H30N2O3S. The minimum atomic E-state index is -2.81. The third kappa shape index (κ3) is 4.98. The Bertz CT molecular complexity index is 380. The predicted molar refractivity (Wildman–Crippen MR) is 82.7 cm³/mol. The number of nitrogens with zero attached hydrogens (tertiary/aromatic N) is 1. The predicted octanol–water partition coefficient (Wildman–Crippen LogP) is 0.636. The van der Waals surface area contributed by atoms with Crippen molar-refractivity contribution in [1.29, 1.82) is 0 Å². The maximum atomic E-state index is 11.5. The van der Waals surface area contributed by atoms with Crippen molar-refractivity contribution in [3.8, 4) is 0 Å². The summed E-state index contributed by atoms with van der Waals surface area (Å²) >= 11 is 0. The molecule has 0 radical (unpaired) electrons. The second kappa shape index (κ2) is 7.73. The van der Waals surface area contributed by atoms with Gasteiger partial charge in [-0.3, -0.25) is 0 Å². The van der Waals surface area contributed by atoms with Gasteiger partial charge in [-0.1, -0.05) is 13.8 Å². The summed E-state index contributed by atoms with van der Waals surface area (Å²) in [6, 6.07) is 0.171. The van der Waals surface area contributed by atoms with E-state index in [9.17, 15) is 13.5 Å². The Labute approximate surface area is 123 Å². The zero-order valence-electron chi connectivity index (χ0n) is 13.1. The summed E-state index contributed by atoms with van der Waals surface area (Å²) in [7, 11) is -0.801. The first kappa shape index (κ1) is 17.9. The fourth-order valence-electron chi connectivity index (χ4n) is 2.98. The molecule has 0 saturated carbocycles. The Morgan fingerprint density at radius 3 is 2.55 bits per heavy atom. The van der Waals surface area contributed by atoms with Crippen molar-refractivity contribution in [2.75, 3.05) is 38.2 Å². The van der Waals surface area contributed by atoms with Crippen molar-refractivity contribution in [1.82, 2.24) is 10.2 Å². The largest absolute Gasteiger partial charge is 0.394 e. The average Bonchev–Trinajstić information content (AvgIpc) is 2.78. The van der Waals surface area contributed by atoms with Gasteiger partial charge in [-0.15, -0.1) is 0 Å². The van der Waals surface area contributed by atoms with Gasteiger partial charge in [-0.05, 0) is 45.8 Å². The molecule has 1 saturated heterocycles. The molecule has 20 heavy (non-hydrogen) atoms. The van der Waals surface area contributed by atoms with Gasteiger partial charge >= 0.3 is 0 Å². The van der Waals surface area contributed by atoms with Crippen LogP contribution in [0, 0.1) is 0 Å². The van der Waals surface area contributed by atoms with E-state index < -0.39 is 9.84 Å². The number of aliphatic hydroxyl groups is 1. The van der Waals surface area contributed by atoms with E-state index in [1.165, 1.54) is 0 Å². The number of hydrogen-bond donors (Lipinski definition) is 2. The molecule has 0 aromatic rings. The van der Waals surface area contributed by atoms with Gasteiger partial charge in [-0.2, -0.15) is 0 Å². The molecule has 120 valence electrons. The lowest BCUT2D eigenvalue weighted by Crippen LogP contribution is -2.48. The Balaban J connectivity index is 2.39. The molecule has 2 atom stereocenters. The number of aliphatic hydroxyl groups excluding tert-OH is 1. The SMILES string of the molecule is CCNC(CC)(CO)CCCN(C)C1CCS(=O)(=O)C1. The summed E-state index contributed by atoms with van der Waals surface area (Å²) in [5, 5.41) is 13.0. The van der Waals surface area contributed by atoms with Gasteiger partial charge in [0.1, 0.15) is 0 Å². The first-order chi connectivity index (χ1) is 9.38. The first-order valence-corrected chi connectivity index (χ1v) is 9.46. The Morgan fingerprint density at radius 1 is 1.40 bits per heavy atom. The van der Waals surface area contributed by atoms with Crippen LogP contribution in [0.15, 0.2) is 0 Å². The molecule has 0 bridgehead atoms. The van der Waals surface area contributed by atoms with Crippen LogP contribution in [0.2, 0.25) is 0 Å². The van der Waals surface area contributed by atoms with Gasteiger partial charge in [0.15, 0.2) is 9.84 Å². The average molecular weight is 306 g/mol. The monoisotopic (exact) mass is 306 g/mol. The van der Waals surface area contributed by atoms with Gasteiger partial charge in [0.05, 0.1) is 18.1 Å².